The number of unbranched alkanes of at least 4 members (excludes halogenated alkanes) is 3. The Morgan fingerprint density at radius 2 is 1.89 bits per heavy atom. The fraction of sp³-hybridized carbons (Fsp3) is 0.917. The minimum Gasteiger partial charge on any atom is -0.384 e. The number of rotatable bonds is 8. The molecule has 0 radical (unpaired) electrons. The molecule has 2 N–H and O–H groups in total. The number of halogens is 3. The molecule has 0 bridgehead atoms. The normalized spacial score (nSPS) is 15.2. The molecule has 0 aromatic carbocycles. The molecule has 0 spiro atoms. The minimum atomic E-state index is -4.62. The second-order valence-corrected chi connectivity index (χ2v) is 4.54. The van der Waals surface area contributed by atoms with Crippen LogP contribution in [-0.2, 0) is 4.79 Å². The number of alkyl halides is 3. The van der Waals surface area contributed by atoms with Crippen molar-refractivity contribution in [1.82, 2.24) is 5.32 Å². The van der Waals surface area contributed by atoms with E-state index < -0.39 is 24.7 Å². The summed E-state index contributed by atoms with van der Waals surface area (Å²) in [6.07, 6.45) is -3.27. The summed E-state index contributed by atoms with van der Waals surface area (Å²) < 4.78 is 36.7. The van der Waals surface area contributed by atoms with Crippen LogP contribution in [0.1, 0.15) is 52.4 Å². The van der Waals surface area contributed by atoms with Crippen LogP contribution >= 0.6 is 0 Å². The van der Waals surface area contributed by atoms with Crippen LogP contribution in [-0.4, -0.2) is 29.3 Å². The highest BCUT2D eigenvalue weighted by Gasteiger charge is 2.39. The Balaban J connectivity index is 4.18. The number of carbonyl (C=O) groups excluding carboxylic acids is 1. The Labute approximate surface area is 106 Å². The third-order valence-electron chi connectivity index (χ3n) is 2.70. The molecule has 2 atom stereocenters. The summed E-state index contributed by atoms with van der Waals surface area (Å²) in [5.41, 5.74) is 0. The van der Waals surface area contributed by atoms with Gasteiger partial charge in [0.05, 0.1) is 0 Å². The molecule has 1 amide bonds. The van der Waals surface area contributed by atoms with Gasteiger partial charge < -0.3 is 10.4 Å². The maximum atomic E-state index is 12.2. The number of hydrogen-bond donors (Lipinski definition) is 2. The molecule has 0 aliphatic carbocycles. The molecule has 108 valence electrons. The van der Waals surface area contributed by atoms with E-state index in [0.717, 1.165) is 25.7 Å². The number of nitrogens with one attached hydrogen (secondary N) is 1. The predicted octanol–water partition coefficient (Wildman–Crippen LogP) is 2.77. The van der Waals surface area contributed by atoms with Gasteiger partial charge in [-0.3, -0.25) is 4.79 Å². The van der Waals surface area contributed by atoms with Crippen molar-refractivity contribution >= 4 is 5.91 Å². The first-order valence-electron chi connectivity index (χ1n) is 6.29. The Kier molecular flexibility index (Phi) is 7.98. The SMILES string of the molecule is CCCCCC[C@@H](C[C@@H](O)C(F)(F)F)NC(C)=O. The average Bonchev–Trinajstić information content (AvgIpc) is 2.21. The number of carbonyl (C=O) groups is 1. The minimum absolute atomic E-state index is 0.370. The smallest absolute Gasteiger partial charge is 0.384 e. The van der Waals surface area contributed by atoms with Crippen molar-refractivity contribution in [3.05, 3.63) is 0 Å². The molecule has 0 rings (SSSR count). The van der Waals surface area contributed by atoms with Crippen LogP contribution in [0, 0.1) is 0 Å². The van der Waals surface area contributed by atoms with Gasteiger partial charge in [0.15, 0.2) is 6.10 Å². The quantitative estimate of drug-likeness (QED) is 0.666. The molecule has 0 fully saturated rings. The van der Waals surface area contributed by atoms with Crippen LogP contribution in [0.5, 0.6) is 0 Å². The van der Waals surface area contributed by atoms with Crippen LogP contribution in [0.15, 0.2) is 0 Å². The summed E-state index contributed by atoms with van der Waals surface area (Å²) >= 11 is 0. The molecule has 0 unspecified atom stereocenters. The van der Waals surface area contributed by atoms with Gasteiger partial charge in [0.2, 0.25) is 5.91 Å². The van der Waals surface area contributed by atoms with E-state index in [1.54, 1.807) is 0 Å². The van der Waals surface area contributed by atoms with Crippen molar-refractivity contribution in [2.75, 3.05) is 0 Å². The Morgan fingerprint density at radius 1 is 1.28 bits per heavy atom. The van der Waals surface area contributed by atoms with Gasteiger partial charge in [0.25, 0.3) is 0 Å². The van der Waals surface area contributed by atoms with Gasteiger partial charge in [-0.2, -0.15) is 13.2 Å². The van der Waals surface area contributed by atoms with Crippen molar-refractivity contribution in [2.45, 2.75) is 70.7 Å². The lowest BCUT2D eigenvalue weighted by molar-refractivity contribution is -0.207. The van der Waals surface area contributed by atoms with E-state index in [2.05, 4.69) is 5.32 Å². The van der Waals surface area contributed by atoms with Crippen molar-refractivity contribution < 1.29 is 23.1 Å². The first kappa shape index (κ1) is 17.2. The highest BCUT2D eigenvalue weighted by Crippen LogP contribution is 2.24. The molecular weight excluding hydrogens is 247 g/mol. The van der Waals surface area contributed by atoms with E-state index in [1.165, 1.54) is 6.92 Å². The Morgan fingerprint density at radius 3 is 2.33 bits per heavy atom. The van der Waals surface area contributed by atoms with Crippen LogP contribution in [0.2, 0.25) is 0 Å². The number of amides is 1. The van der Waals surface area contributed by atoms with Gasteiger partial charge in [-0.1, -0.05) is 32.6 Å². The van der Waals surface area contributed by atoms with E-state index in [9.17, 15) is 18.0 Å². The van der Waals surface area contributed by atoms with E-state index in [-0.39, 0.29) is 5.91 Å². The monoisotopic (exact) mass is 269 g/mol. The van der Waals surface area contributed by atoms with Crippen LogP contribution < -0.4 is 5.32 Å². The number of aliphatic hydroxyl groups excluding tert-OH is 1. The molecule has 0 aromatic heterocycles. The van der Waals surface area contributed by atoms with Gasteiger partial charge in [0.1, 0.15) is 0 Å². The third-order valence-corrected chi connectivity index (χ3v) is 2.70. The van der Waals surface area contributed by atoms with E-state index in [4.69, 9.17) is 5.11 Å². The van der Waals surface area contributed by atoms with Gasteiger partial charge in [-0.05, 0) is 6.42 Å². The standard InChI is InChI=1S/C12H22F3NO2/c1-3-4-5-6-7-10(16-9(2)17)8-11(18)12(13,14)15/h10-11,18H,3-8H2,1-2H3,(H,16,17)/t10-,11+/m0/s1. The summed E-state index contributed by atoms with van der Waals surface area (Å²) in [6.45, 7) is 3.30. The second kappa shape index (κ2) is 8.34. The first-order valence-corrected chi connectivity index (χ1v) is 6.29. The van der Waals surface area contributed by atoms with Crippen LogP contribution in [0.4, 0.5) is 13.2 Å². The molecule has 0 heterocycles. The first-order chi connectivity index (χ1) is 8.27. The van der Waals surface area contributed by atoms with E-state index >= 15 is 0 Å². The lowest BCUT2D eigenvalue weighted by Gasteiger charge is -2.22. The van der Waals surface area contributed by atoms with Gasteiger partial charge in [-0.25, -0.2) is 0 Å². The lowest BCUT2D eigenvalue weighted by atomic mass is 10.0. The molecule has 0 saturated heterocycles. The number of hydrogen-bond acceptors (Lipinski definition) is 2. The molecular formula is C12H22F3NO2. The molecule has 6 heteroatoms. The Hall–Kier alpha value is -0.780. The van der Waals surface area contributed by atoms with Crippen LogP contribution in [0.3, 0.4) is 0 Å². The zero-order chi connectivity index (χ0) is 14.2. The lowest BCUT2D eigenvalue weighted by Crippen LogP contribution is -2.40. The Bertz CT molecular complexity index is 244. The highest BCUT2D eigenvalue weighted by molar-refractivity contribution is 5.73. The fourth-order valence-electron chi connectivity index (χ4n) is 1.76. The predicted molar refractivity (Wildman–Crippen MR) is 63.0 cm³/mol. The molecule has 18 heavy (non-hydrogen) atoms. The van der Waals surface area contributed by atoms with Crippen molar-refractivity contribution in [2.24, 2.45) is 0 Å². The fourth-order valence-corrected chi connectivity index (χ4v) is 1.76. The number of aliphatic hydroxyl groups is 1. The molecule has 3 nitrogen and oxygen atoms in total. The average molecular weight is 269 g/mol. The van der Waals surface area contributed by atoms with Gasteiger partial charge in [-0.15, -0.1) is 0 Å². The van der Waals surface area contributed by atoms with Crippen molar-refractivity contribution in [3.63, 3.8) is 0 Å². The summed E-state index contributed by atoms with van der Waals surface area (Å²) in [5.74, 6) is -0.370. The summed E-state index contributed by atoms with van der Waals surface area (Å²) in [7, 11) is 0. The molecule has 0 saturated carbocycles. The topological polar surface area (TPSA) is 49.3 Å². The van der Waals surface area contributed by atoms with Gasteiger partial charge >= 0.3 is 6.18 Å². The maximum Gasteiger partial charge on any atom is 0.414 e. The molecule has 0 aliphatic rings. The summed E-state index contributed by atoms with van der Waals surface area (Å²) in [5, 5.41) is 11.5. The van der Waals surface area contributed by atoms with E-state index in [0.29, 0.717) is 6.42 Å². The van der Waals surface area contributed by atoms with Crippen LogP contribution in [0.25, 0.3) is 0 Å². The third kappa shape index (κ3) is 8.33. The highest BCUT2D eigenvalue weighted by atomic mass is 19.4. The summed E-state index contributed by atoms with van der Waals surface area (Å²) in [6, 6.07) is -0.615. The molecule has 0 aromatic rings. The second-order valence-electron chi connectivity index (χ2n) is 4.54. The largest absolute Gasteiger partial charge is 0.414 e. The van der Waals surface area contributed by atoms with Gasteiger partial charge in [0, 0.05) is 19.4 Å². The zero-order valence-corrected chi connectivity index (χ0v) is 10.9. The zero-order valence-electron chi connectivity index (χ0n) is 10.9. The molecule has 0 aliphatic heterocycles. The van der Waals surface area contributed by atoms with Crippen molar-refractivity contribution in [3.8, 4) is 0 Å². The summed E-state index contributed by atoms with van der Waals surface area (Å²) in [4.78, 5) is 10.9. The maximum absolute atomic E-state index is 12.2. The van der Waals surface area contributed by atoms with E-state index in [1.807, 2.05) is 6.92 Å². The van der Waals surface area contributed by atoms with Crippen molar-refractivity contribution in [1.29, 1.82) is 0 Å².